The Hall–Kier alpha value is -1.69. The van der Waals surface area contributed by atoms with Gasteiger partial charge in [-0.3, -0.25) is 9.59 Å². The first kappa shape index (κ1) is 20.6. The van der Waals surface area contributed by atoms with Gasteiger partial charge in [0.1, 0.15) is 0 Å². The molecule has 0 spiro atoms. The topological polar surface area (TPSA) is 55.4 Å². The molecule has 0 aromatic heterocycles. The van der Waals surface area contributed by atoms with Crippen molar-refractivity contribution in [1.29, 1.82) is 0 Å². The first-order valence-corrected chi connectivity index (χ1v) is 9.77. The predicted molar refractivity (Wildman–Crippen MR) is 106 cm³/mol. The molecule has 0 aliphatic carbocycles. The largest absolute Gasteiger partial charge is 0.456 e. The summed E-state index contributed by atoms with van der Waals surface area (Å²) in [5, 5.41) is 4.01. The smallest absolute Gasteiger partial charge is 0.307 e. The second-order valence-corrected chi connectivity index (χ2v) is 7.54. The zero-order chi connectivity index (χ0) is 18.9. The number of benzene rings is 2. The molecule has 2 aromatic carbocycles. The van der Waals surface area contributed by atoms with Gasteiger partial charge in [0.15, 0.2) is 6.61 Å². The summed E-state index contributed by atoms with van der Waals surface area (Å²) in [7, 11) is 0. The number of carbonyl (C=O) groups excluding carboxylic acids is 2. The van der Waals surface area contributed by atoms with Crippen LogP contribution in [0, 0.1) is 0 Å². The molecule has 0 fully saturated rings. The van der Waals surface area contributed by atoms with Gasteiger partial charge >= 0.3 is 5.97 Å². The van der Waals surface area contributed by atoms with Crippen LogP contribution in [0.25, 0.3) is 0 Å². The number of rotatable bonds is 8. The fourth-order valence-electron chi connectivity index (χ4n) is 2.19. The van der Waals surface area contributed by atoms with Crippen LogP contribution >= 0.6 is 35.0 Å². The van der Waals surface area contributed by atoms with E-state index in [1.165, 1.54) is 11.8 Å². The molecule has 0 saturated heterocycles. The summed E-state index contributed by atoms with van der Waals surface area (Å²) in [6.45, 7) is 1.52. The molecule has 0 aliphatic rings. The Morgan fingerprint density at radius 1 is 1.12 bits per heavy atom. The van der Waals surface area contributed by atoms with Crippen molar-refractivity contribution in [1.82, 2.24) is 5.32 Å². The third-order valence-corrected chi connectivity index (χ3v) is 5.11. The van der Waals surface area contributed by atoms with E-state index in [1.807, 2.05) is 37.3 Å². The highest BCUT2D eigenvalue weighted by molar-refractivity contribution is 7.99. The quantitative estimate of drug-likeness (QED) is 0.495. The van der Waals surface area contributed by atoms with Crippen molar-refractivity contribution in [2.24, 2.45) is 0 Å². The highest BCUT2D eigenvalue weighted by Crippen LogP contribution is 2.22. The molecular weight excluding hydrogens is 393 g/mol. The lowest BCUT2D eigenvalue weighted by Crippen LogP contribution is -2.31. The van der Waals surface area contributed by atoms with Crippen LogP contribution in [0.3, 0.4) is 0 Å². The molecule has 0 heterocycles. The maximum atomic E-state index is 11.9. The summed E-state index contributed by atoms with van der Waals surface area (Å²) in [5.41, 5.74) is 0.813. The highest BCUT2D eigenvalue weighted by Gasteiger charge is 2.13. The van der Waals surface area contributed by atoms with Crippen molar-refractivity contribution >= 4 is 46.8 Å². The van der Waals surface area contributed by atoms with E-state index in [1.54, 1.807) is 18.2 Å². The molecule has 0 radical (unpaired) electrons. The number of amides is 1. The standard InChI is InChI=1S/C19H19Cl2NO3S/c1-13(16-4-2-3-5-17(16)21)22-18(23)12-25-19(24)10-11-26-15-8-6-14(20)7-9-15/h2-9,13H,10-12H2,1H3,(H,22,23)/t13-/m0/s1. The minimum absolute atomic E-state index is 0.223. The summed E-state index contributed by atoms with van der Waals surface area (Å²) in [5.74, 6) is -0.207. The molecule has 0 unspecified atom stereocenters. The van der Waals surface area contributed by atoms with Gasteiger partial charge in [0.05, 0.1) is 12.5 Å². The van der Waals surface area contributed by atoms with Crippen molar-refractivity contribution in [3.63, 3.8) is 0 Å². The van der Waals surface area contributed by atoms with Crippen molar-refractivity contribution in [3.05, 3.63) is 64.1 Å². The van der Waals surface area contributed by atoms with Crippen LogP contribution < -0.4 is 5.32 Å². The van der Waals surface area contributed by atoms with E-state index in [0.717, 1.165) is 10.5 Å². The molecular formula is C19H19Cl2NO3S. The Bertz CT molecular complexity index is 753. The summed E-state index contributed by atoms with van der Waals surface area (Å²) >= 11 is 13.4. The van der Waals surface area contributed by atoms with Crippen LogP contribution in [-0.4, -0.2) is 24.2 Å². The summed E-state index contributed by atoms with van der Waals surface area (Å²) in [6, 6.07) is 14.4. The Kier molecular flexibility index (Phi) is 8.29. The molecule has 26 heavy (non-hydrogen) atoms. The van der Waals surface area contributed by atoms with Gasteiger partial charge in [-0.1, -0.05) is 41.4 Å². The zero-order valence-corrected chi connectivity index (χ0v) is 16.5. The van der Waals surface area contributed by atoms with Crippen molar-refractivity contribution in [3.8, 4) is 0 Å². The lowest BCUT2D eigenvalue weighted by molar-refractivity contribution is -0.148. The Balaban J connectivity index is 1.67. The Morgan fingerprint density at radius 3 is 2.50 bits per heavy atom. The first-order chi connectivity index (χ1) is 12.5. The third kappa shape index (κ3) is 6.90. The minimum Gasteiger partial charge on any atom is -0.456 e. The maximum absolute atomic E-state index is 11.9. The van der Waals surface area contributed by atoms with E-state index in [0.29, 0.717) is 15.8 Å². The number of hydrogen-bond donors (Lipinski definition) is 1. The molecule has 138 valence electrons. The van der Waals surface area contributed by atoms with E-state index in [2.05, 4.69) is 5.32 Å². The second kappa shape index (κ2) is 10.5. The molecule has 2 aromatic rings. The van der Waals surface area contributed by atoms with Gasteiger partial charge in [-0.15, -0.1) is 11.8 Å². The molecule has 1 atom stereocenters. The van der Waals surface area contributed by atoms with Gasteiger partial charge in [-0.2, -0.15) is 0 Å². The molecule has 0 saturated carbocycles. The van der Waals surface area contributed by atoms with Gasteiger partial charge in [0.25, 0.3) is 5.91 Å². The Labute approximate surface area is 167 Å². The van der Waals surface area contributed by atoms with Crippen LogP contribution in [0.4, 0.5) is 0 Å². The molecule has 7 heteroatoms. The second-order valence-electron chi connectivity index (χ2n) is 5.52. The van der Waals surface area contributed by atoms with Crippen LogP contribution in [0.5, 0.6) is 0 Å². The molecule has 4 nitrogen and oxygen atoms in total. The van der Waals surface area contributed by atoms with Crippen molar-refractivity contribution < 1.29 is 14.3 Å². The molecule has 2 rings (SSSR count). The first-order valence-electron chi connectivity index (χ1n) is 8.03. The number of esters is 1. The normalized spacial score (nSPS) is 11.7. The zero-order valence-electron chi connectivity index (χ0n) is 14.2. The lowest BCUT2D eigenvalue weighted by atomic mass is 10.1. The van der Waals surface area contributed by atoms with E-state index in [4.69, 9.17) is 27.9 Å². The average Bonchev–Trinajstić information content (AvgIpc) is 2.62. The fraction of sp³-hybridized carbons (Fsp3) is 0.263. The number of hydrogen-bond acceptors (Lipinski definition) is 4. The number of ether oxygens (including phenoxy) is 1. The molecule has 0 aliphatic heterocycles. The van der Waals surface area contributed by atoms with Gasteiger partial charge in [-0.05, 0) is 42.8 Å². The number of carbonyl (C=O) groups is 2. The minimum atomic E-state index is -0.410. The van der Waals surface area contributed by atoms with Gasteiger partial charge < -0.3 is 10.1 Å². The molecule has 1 N–H and O–H groups in total. The maximum Gasteiger partial charge on any atom is 0.307 e. The van der Waals surface area contributed by atoms with Gasteiger partial charge in [0, 0.05) is 20.7 Å². The number of halogens is 2. The van der Waals surface area contributed by atoms with E-state index in [-0.39, 0.29) is 25.0 Å². The number of nitrogens with one attached hydrogen (secondary N) is 1. The summed E-state index contributed by atoms with van der Waals surface area (Å²) < 4.78 is 5.01. The average molecular weight is 412 g/mol. The summed E-state index contributed by atoms with van der Waals surface area (Å²) in [6.07, 6.45) is 0.223. The monoisotopic (exact) mass is 411 g/mol. The SMILES string of the molecule is C[C@H](NC(=O)COC(=O)CCSc1ccc(Cl)cc1)c1ccccc1Cl. The summed E-state index contributed by atoms with van der Waals surface area (Å²) in [4.78, 5) is 24.7. The van der Waals surface area contributed by atoms with E-state index >= 15 is 0 Å². The molecule has 0 bridgehead atoms. The van der Waals surface area contributed by atoms with Crippen LogP contribution in [-0.2, 0) is 14.3 Å². The lowest BCUT2D eigenvalue weighted by Gasteiger charge is -2.15. The fourth-order valence-corrected chi connectivity index (χ4v) is 3.45. The Morgan fingerprint density at radius 2 is 1.81 bits per heavy atom. The van der Waals surface area contributed by atoms with Gasteiger partial charge in [0.2, 0.25) is 0 Å². The van der Waals surface area contributed by atoms with Crippen LogP contribution in [0.15, 0.2) is 53.4 Å². The predicted octanol–water partition coefficient (Wildman–Crippen LogP) is 4.90. The third-order valence-electron chi connectivity index (χ3n) is 3.50. The van der Waals surface area contributed by atoms with Gasteiger partial charge in [-0.25, -0.2) is 0 Å². The van der Waals surface area contributed by atoms with Crippen molar-refractivity contribution in [2.75, 3.05) is 12.4 Å². The highest BCUT2D eigenvalue weighted by atomic mass is 35.5. The van der Waals surface area contributed by atoms with Crippen molar-refractivity contribution in [2.45, 2.75) is 24.3 Å². The van der Waals surface area contributed by atoms with Crippen LogP contribution in [0.2, 0.25) is 10.0 Å². The van der Waals surface area contributed by atoms with E-state index < -0.39 is 5.97 Å². The number of thioether (sulfide) groups is 1. The van der Waals surface area contributed by atoms with E-state index in [9.17, 15) is 9.59 Å². The molecule has 1 amide bonds. The van der Waals surface area contributed by atoms with Crippen LogP contribution in [0.1, 0.15) is 24.9 Å².